The van der Waals surface area contributed by atoms with E-state index in [1.165, 1.54) is 7.11 Å². The highest BCUT2D eigenvalue weighted by Gasteiger charge is 2.03. The molecule has 0 atom stereocenters. The minimum absolute atomic E-state index is 0.0245. The Morgan fingerprint density at radius 3 is 2.24 bits per heavy atom. The summed E-state index contributed by atoms with van der Waals surface area (Å²) in [6, 6.07) is 6.31. The highest BCUT2D eigenvalue weighted by molar-refractivity contribution is 7.92. The highest BCUT2D eigenvalue weighted by Crippen LogP contribution is 2.14. The average Bonchev–Trinajstić information content (AvgIpc) is 2.19. The SMILES string of the molecule is COCC(=O)Nc1ccc(NS(C)(=O)=O)cc1. The first-order chi connectivity index (χ1) is 7.90. The van der Waals surface area contributed by atoms with Gasteiger partial charge in [0.25, 0.3) is 0 Å². The Balaban J connectivity index is 2.65. The van der Waals surface area contributed by atoms with Gasteiger partial charge in [-0.25, -0.2) is 8.42 Å². The first-order valence-electron chi connectivity index (χ1n) is 4.77. The average molecular weight is 258 g/mol. The Bertz CT molecular complexity index is 482. The molecule has 0 unspecified atom stereocenters. The van der Waals surface area contributed by atoms with E-state index in [-0.39, 0.29) is 12.5 Å². The number of methoxy groups -OCH3 is 1. The molecule has 0 bridgehead atoms. The first-order valence-corrected chi connectivity index (χ1v) is 6.66. The summed E-state index contributed by atoms with van der Waals surface area (Å²) in [5.41, 5.74) is 1.02. The lowest BCUT2D eigenvalue weighted by Crippen LogP contribution is -2.17. The maximum atomic E-state index is 11.2. The summed E-state index contributed by atoms with van der Waals surface area (Å²) >= 11 is 0. The molecule has 0 heterocycles. The summed E-state index contributed by atoms with van der Waals surface area (Å²) < 4.78 is 28.9. The zero-order chi connectivity index (χ0) is 12.9. The van der Waals surface area contributed by atoms with E-state index in [1.807, 2.05) is 0 Å². The molecule has 17 heavy (non-hydrogen) atoms. The molecule has 6 nitrogen and oxygen atoms in total. The van der Waals surface area contributed by atoms with Crippen LogP contribution in [-0.2, 0) is 19.6 Å². The molecule has 1 aromatic carbocycles. The van der Waals surface area contributed by atoms with E-state index < -0.39 is 10.0 Å². The molecule has 1 rings (SSSR count). The second-order valence-corrected chi connectivity index (χ2v) is 5.18. The van der Waals surface area contributed by atoms with E-state index in [2.05, 4.69) is 14.8 Å². The van der Waals surface area contributed by atoms with Crippen molar-refractivity contribution in [2.24, 2.45) is 0 Å². The third-order valence-corrected chi connectivity index (χ3v) is 2.35. The van der Waals surface area contributed by atoms with Gasteiger partial charge in [-0.2, -0.15) is 0 Å². The van der Waals surface area contributed by atoms with Gasteiger partial charge in [0.15, 0.2) is 0 Å². The fourth-order valence-corrected chi connectivity index (χ4v) is 1.73. The Labute approximate surface area is 100 Å². The zero-order valence-corrected chi connectivity index (χ0v) is 10.4. The van der Waals surface area contributed by atoms with Crippen LogP contribution in [0.3, 0.4) is 0 Å². The summed E-state index contributed by atoms with van der Waals surface area (Å²) in [5, 5.41) is 2.59. The molecule has 1 amide bonds. The van der Waals surface area contributed by atoms with Crippen LogP contribution in [0.4, 0.5) is 11.4 Å². The van der Waals surface area contributed by atoms with Gasteiger partial charge in [-0.1, -0.05) is 0 Å². The van der Waals surface area contributed by atoms with E-state index in [4.69, 9.17) is 0 Å². The highest BCUT2D eigenvalue weighted by atomic mass is 32.2. The van der Waals surface area contributed by atoms with Crippen LogP contribution in [0.1, 0.15) is 0 Å². The lowest BCUT2D eigenvalue weighted by molar-refractivity contribution is -0.119. The van der Waals surface area contributed by atoms with Gasteiger partial charge in [0.05, 0.1) is 6.26 Å². The molecule has 0 aliphatic rings. The fraction of sp³-hybridized carbons (Fsp3) is 0.300. The number of benzene rings is 1. The number of carbonyl (C=O) groups is 1. The van der Waals surface area contributed by atoms with Crippen molar-refractivity contribution in [3.63, 3.8) is 0 Å². The van der Waals surface area contributed by atoms with Crippen molar-refractivity contribution in [3.8, 4) is 0 Å². The molecule has 0 fully saturated rings. The van der Waals surface area contributed by atoms with Crippen LogP contribution in [0.2, 0.25) is 0 Å². The Morgan fingerprint density at radius 1 is 1.24 bits per heavy atom. The lowest BCUT2D eigenvalue weighted by atomic mass is 10.3. The number of nitrogens with one attached hydrogen (secondary N) is 2. The van der Waals surface area contributed by atoms with Crippen molar-refractivity contribution in [1.82, 2.24) is 0 Å². The molecule has 1 aromatic rings. The van der Waals surface area contributed by atoms with E-state index in [1.54, 1.807) is 24.3 Å². The summed E-state index contributed by atoms with van der Waals surface area (Å²) in [6.07, 6.45) is 1.07. The van der Waals surface area contributed by atoms with Crippen LogP contribution in [0.5, 0.6) is 0 Å². The third kappa shape index (κ3) is 5.32. The number of hydrogen-bond donors (Lipinski definition) is 2. The van der Waals surface area contributed by atoms with E-state index in [9.17, 15) is 13.2 Å². The number of sulfonamides is 1. The standard InChI is InChI=1S/C10H14N2O4S/c1-16-7-10(13)11-8-3-5-9(6-4-8)12-17(2,14)15/h3-6,12H,7H2,1-2H3,(H,11,13). The predicted octanol–water partition coefficient (Wildman–Crippen LogP) is 0.643. The van der Waals surface area contributed by atoms with Gasteiger partial charge in [-0.05, 0) is 24.3 Å². The van der Waals surface area contributed by atoms with E-state index in [0.717, 1.165) is 6.26 Å². The molecular weight excluding hydrogens is 244 g/mol. The second kappa shape index (κ2) is 5.65. The van der Waals surface area contributed by atoms with Gasteiger partial charge in [0.1, 0.15) is 6.61 Å². The smallest absolute Gasteiger partial charge is 0.250 e. The quantitative estimate of drug-likeness (QED) is 0.811. The topological polar surface area (TPSA) is 84.5 Å². The van der Waals surface area contributed by atoms with Crippen molar-refractivity contribution < 1.29 is 17.9 Å². The number of ether oxygens (including phenoxy) is 1. The van der Waals surface area contributed by atoms with Crippen LogP contribution < -0.4 is 10.0 Å². The zero-order valence-electron chi connectivity index (χ0n) is 9.56. The van der Waals surface area contributed by atoms with Crippen molar-refractivity contribution in [3.05, 3.63) is 24.3 Å². The van der Waals surface area contributed by atoms with Crippen LogP contribution in [0, 0.1) is 0 Å². The van der Waals surface area contributed by atoms with E-state index >= 15 is 0 Å². The number of carbonyl (C=O) groups excluding carboxylic acids is 1. The summed E-state index contributed by atoms with van der Waals surface area (Å²) in [6.45, 7) is -0.0245. The van der Waals surface area contributed by atoms with Crippen LogP contribution in [0.25, 0.3) is 0 Å². The molecular formula is C10H14N2O4S. The molecule has 0 spiro atoms. The van der Waals surface area contributed by atoms with Gasteiger partial charge in [-0.15, -0.1) is 0 Å². The van der Waals surface area contributed by atoms with Gasteiger partial charge < -0.3 is 10.1 Å². The molecule has 0 aromatic heterocycles. The fourth-order valence-electron chi connectivity index (χ4n) is 1.16. The van der Waals surface area contributed by atoms with E-state index in [0.29, 0.717) is 11.4 Å². The van der Waals surface area contributed by atoms with Crippen LogP contribution >= 0.6 is 0 Å². The third-order valence-electron chi connectivity index (χ3n) is 1.75. The largest absolute Gasteiger partial charge is 0.375 e. The molecule has 0 saturated carbocycles. The number of amides is 1. The molecule has 0 aliphatic heterocycles. The lowest BCUT2D eigenvalue weighted by Gasteiger charge is -2.06. The normalized spacial score (nSPS) is 10.9. The number of anilines is 2. The first kappa shape index (κ1) is 13.5. The van der Waals surface area contributed by atoms with Crippen molar-refractivity contribution in [1.29, 1.82) is 0 Å². The van der Waals surface area contributed by atoms with Gasteiger partial charge in [0.2, 0.25) is 15.9 Å². The Hall–Kier alpha value is -1.60. The maximum absolute atomic E-state index is 11.2. The molecule has 0 saturated heterocycles. The molecule has 2 N–H and O–H groups in total. The Kier molecular flexibility index (Phi) is 4.47. The van der Waals surface area contributed by atoms with Gasteiger partial charge in [-0.3, -0.25) is 9.52 Å². The second-order valence-electron chi connectivity index (χ2n) is 3.43. The van der Waals surface area contributed by atoms with Crippen LogP contribution in [0.15, 0.2) is 24.3 Å². The maximum Gasteiger partial charge on any atom is 0.250 e. The van der Waals surface area contributed by atoms with Crippen LogP contribution in [-0.4, -0.2) is 34.3 Å². The Morgan fingerprint density at radius 2 is 1.76 bits per heavy atom. The molecule has 0 aliphatic carbocycles. The number of rotatable bonds is 5. The van der Waals surface area contributed by atoms with Crippen molar-refractivity contribution in [2.75, 3.05) is 30.0 Å². The monoisotopic (exact) mass is 258 g/mol. The summed E-state index contributed by atoms with van der Waals surface area (Å²) in [5.74, 6) is -0.267. The predicted molar refractivity (Wildman–Crippen MR) is 65.4 cm³/mol. The minimum Gasteiger partial charge on any atom is -0.375 e. The van der Waals surface area contributed by atoms with Crippen molar-refractivity contribution in [2.45, 2.75) is 0 Å². The van der Waals surface area contributed by atoms with Crippen molar-refractivity contribution >= 4 is 27.3 Å². The number of hydrogen-bond acceptors (Lipinski definition) is 4. The van der Waals surface area contributed by atoms with Gasteiger partial charge >= 0.3 is 0 Å². The molecule has 94 valence electrons. The molecule has 7 heteroatoms. The van der Waals surface area contributed by atoms with Gasteiger partial charge in [0, 0.05) is 18.5 Å². The summed E-state index contributed by atoms with van der Waals surface area (Å²) in [4.78, 5) is 11.2. The minimum atomic E-state index is -3.28. The summed E-state index contributed by atoms with van der Waals surface area (Å²) in [7, 11) is -1.85. The molecule has 0 radical (unpaired) electrons.